The summed E-state index contributed by atoms with van der Waals surface area (Å²) < 4.78 is 5.74. The van der Waals surface area contributed by atoms with Crippen LogP contribution in [0.15, 0.2) is 48.5 Å². The predicted octanol–water partition coefficient (Wildman–Crippen LogP) is 2.81. The van der Waals surface area contributed by atoms with Gasteiger partial charge in [0.05, 0.1) is 12.3 Å². The lowest BCUT2D eigenvalue weighted by Crippen LogP contribution is -2.50. The lowest BCUT2D eigenvalue weighted by Gasteiger charge is -2.27. The van der Waals surface area contributed by atoms with E-state index in [1.54, 1.807) is 24.3 Å². The summed E-state index contributed by atoms with van der Waals surface area (Å²) in [6, 6.07) is 14.3. The number of imide groups is 1. The van der Waals surface area contributed by atoms with Crippen molar-refractivity contribution in [2.24, 2.45) is 5.92 Å². The monoisotopic (exact) mass is 391 g/mol. The fourth-order valence-electron chi connectivity index (χ4n) is 4.50. The normalized spacial score (nSPS) is 25.1. The summed E-state index contributed by atoms with van der Waals surface area (Å²) >= 11 is 0. The van der Waals surface area contributed by atoms with Crippen LogP contribution in [0.2, 0.25) is 0 Å². The molecule has 2 aliphatic heterocycles. The second-order valence-electron chi connectivity index (χ2n) is 7.76. The third-order valence-electron chi connectivity index (χ3n) is 6.06. The molecule has 2 heterocycles. The average molecular weight is 391 g/mol. The number of nitrogens with one attached hydrogen (secondary N) is 2. The van der Waals surface area contributed by atoms with E-state index in [0.29, 0.717) is 24.5 Å². The van der Waals surface area contributed by atoms with E-state index < -0.39 is 6.03 Å². The topological polar surface area (TPSA) is 87.7 Å². The van der Waals surface area contributed by atoms with Crippen molar-refractivity contribution in [1.82, 2.24) is 5.32 Å². The smallest absolute Gasteiger partial charge is 0.328 e. The molecule has 2 aromatic rings. The molecule has 3 aliphatic rings. The zero-order chi connectivity index (χ0) is 20.0. The number of carbonyl (C=O) groups is 3. The average Bonchev–Trinajstić information content (AvgIpc) is 3.43. The van der Waals surface area contributed by atoms with E-state index in [-0.39, 0.29) is 29.6 Å². The van der Waals surface area contributed by atoms with Crippen molar-refractivity contribution in [3.8, 4) is 5.75 Å². The van der Waals surface area contributed by atoms with Crippen molar-refractivity contribution < 1.29 is 19.1 Å². The summed E-state index contributed by atoms with van der Waals surface area (Å²) in [7, 11) is 0. The van der Waals surface area contributed by atoms with E-state index >= 15 is 0 Å². The maximum atomic E-state index is 13.0. The van der Waals surface area contributed by atoms with Crippen LogP contribution in [0.25, 0.3) is 0 Å². The van der Waals surface area contributed by atoms with Gasteiger partial charge in [0.1, 0.15) is 5.75 Å². The van der Waals surface area contributed by atoms with E-state index in [4.69, 9.17) is 4.74 Å². The number of nitrogens with zero attached hydrogens (tertiary/aromatic N) is 1. The van der Waals surface area contributed by atoms with Gasteiger partial charge in [-0.1, -0.05) is 24.3 Å². The Labute approximate surface area is 168 Å². The summed E-state index contributed by atoms with van der Waals surface area (Å²) in [5.74, 6) is 0.451. The molecule has 5 rings (SSSR count). The van der Waals surface area contributed by atoms with Crippen molar-refractivity contribution in [3.05, 3.63) is 54.1 Å². The maximum absolute atomic E-state index is 13.0. The highest BCUT2D eigenvalue weighted by atomic mass is 16.5. The summed E-state index contributed by atoms with van der Waals surface area (Å²) in [5, 5.41) is 5.63. The molecule has 7 nitrogen and oxygen atoms in total. The second kappa shape index (κ2) is 6.62. The molecule has 2 aromatic carbocycles. The highest BCUT2D eigenvalue weighted by Gasteiger charge is 2.61. The van der Waals surface area contributed by atoms with Gasteiger partial charge in [0.25, 0.3) is 0 Å². The van der Waals surface area contributed by atoms with Gasteiger partial charge in [-0.3, -0.25) is 9.59 Å². The van der Waals surface area contributed by atoms with E-state index in [1.807, 2.05) is 24.3 Å². The number of para-hydroxylation sites is 1. The zero-order valence-corrected chi connectivity index (χ0v) is 15.8. The van der Waals surface area contributed by atoms with E-state index in [9.17, 15) is 14.4 Å². The Balaban J connectivity index is 1.34. The largest absolute Gasteiger partial charge is 0.493 e. The van der Waals surface area contributed by atoms with Crippen LogP contribution in [-0.4, -0.2) is 31.0 Å². The van der Waals surface area contributed by atoms with Gasteiger partial charge < -0.3 is 15.4 Å². The van der Waals surface area contributed by atoms with Crippen molar-refractivity contribution in [2.45, 2.75) is 24.7 Å². The summed E-state index contributed by atoms with van der Waals surface area (Å²) in [6.07, 6.45) is 1.88. The lowest BCUT2D eigenvalue weighted by atomic mass is 9.87. The Morgan fingerprint density at radius 2 is 2.03 bits per heavy atom. The Morgan fingerprint density at radius 3 is 2.90 bits per heavy atom. The standard InChI is InChI=1S/C22H21N3O4/c26-19-8-10-23-21(28)25(19)15-5-3-4-14(12-15)24-20(27)17-13-22(17)9-11-29-18-7-2-1-6-16(18)22/h1-7,12,17H,8-11,13H2,(H,23,28)(H,24,27)/t17-,22-/m0/s1. The number of anilines is 2. The maximum Gasteiger partial charge on any atom is 0.328 e. The number of hydrogen-bond acceptors (Lipinski definition) is 4. The number of amides is 4. The molecule has 2 fully saturated rings. The SMILES string of the molecule is O=C(Nc1cccc(N2C(=O)CCNC2=O)c1)[C@@H]1C[C@]12CCOc1ccccc12. The molecule has 1 saturated carbocycles. The molecule has 1 spiro atoms. The fraction of sp³-hybridized carbons (Fsp3) is 0.318. The van der Waals surface area contributed by atoms with Crippen LogP contribution < -0.4 is 20.3 Å². The zero-order valence-electron chi connectivity index (χ0n) is 15.8. The van der Waals surface area contributed by atoms with Crippen LogP contribution in [0.5, 0.6) is 5.75 Å². The molecule has 1 saturated heterocycles. The minimum absolute atomic E-state index is 0.0479. The summed E-state index contributed by atoms with van der Waals surface area (Å²) in [5.41, 5.74) is 1.97. The van der Waals surface area contributed by atoms with Gasteiger partial charge >= 0.3 is 6.03 Å². The quantitative estimate of drug-likeness (QED) is 0.842. The molecule has 1 aliphatic carbocycles. The lowest BCUT2D eigenvalue weighted by molar-refractivity contribution is -0.118. The van der Waals surface area contributed by atoms with Crippen LogP contribution in [-0.2, 0) is 15.0 Å². The molecule has 0 unspecified atom stereocenters. The highest BCUT2D eigenvalue weighted by molar-refractivity contribution is 6.16. The van der Waals surface area contributed by atoms with Crippen molar-refractivity contribution in [1.29, 1.82) is 0 Å². The minimum Gasteiger partial charge on any atom is -0.493 e. The van der Waals surface area contributed by atoms with Gasteiger partial charge in [0.15, 0.2) is 0 Å². The first-order valence-corrected chi connectivity index (χ1v) is 9.82. The van der Waals surface area contributed by atoms with Gasteiger partial charge in [-0.25, -0.2) is 9.69 Å². The van der Waals surface area contributed by atoms with Crippen LogP contribution in [0.1, 0.15) is 24.8 Å². The first-order valence-electron chi connectivity index (χ1n) is 9.82. The van der Waals surface area contributed by atoms with Crippen LogP contribution in [0.3, 0.4) is 0 Å². The van der Waals surface area contributed by atoms with Crippen molar-refractivity contribution >= 4 is 29.2 Å². The molecule has 148 valence electrons. The minimum atomic E-state index is -0.440. The van der Waals surface area contributed by atoms with Crippen LogP contribution in [0.4, 0.5) is 16.2 Å². The molecular formula is C22H21N3O4. The predicted molar refractivity (Wildman–Crippen MR) is 107 cm³/mol. The molecule has 2 N–H and O–H groups in total. The Morgan fingerprint density at radius 1 is 1.17 bits per heavy atom. The number of carbonyl (C=O) groups excluding carboxylic acids is 3. The van der Waals surface area contributed by atoms with Crippen molar-refractivity contribution in [2.75, 3.05) is 23.4 Å². The molecular weight excluding hydrogens is 370 g/mol. The third-order valence-corrected chi connectivity index (χ3v) is 6.06. The second-order valence-corrected chi connectivity index (χ2v) is 7.76. The molecule has 0 bridgehead atoms. The highest BCUT2D eigenvalue weighted by Crippen LogP contribution is 2.60. The van der Waals surface area contributed by atoms with E-state index in [0.717, 1.165) is 29.1 Å². The van der Waals surface area contributed by atoms with Gasteiger partial charge in [0.2, 0.25) is 11.8 Å². The number of benzene rings is 2. The Hall–Kier alpha value is -3.35. The van der Waals surface area contributed by atoms with Gasteiger partial charge in [-0.2, -0.15) is 0 Å². The first-order chi connectivity index (χ1) is 14.1. The number of fused-ring (bicyclic) bond motifs is 2. The van der Waals surface area contributed by atoms with E-state index in [1.165, 1.54) is 0 Å². The Bertz CT molecular complexity index is 1000. The molecule has 2 atom stereocenters. The van der Waals surface area contributed by atoms with Gasteiger partial charge in [0, 0.05) is 35.5 Å². The number of hydrogen-bond donors (Lipinski definition) is 2. The molecule has 0 aromatic heterocycles. The third kappa shape index (κ3) is 2.93. The molecule has 4 amide bonds. The fourth-order valence-corrected chi connectivity index (χ4v) is 4.50. The van der Waals surface area contributed by atoms with Gasteiger partial charge in [-0.15, -0.1) is 0 Å². The molecule has 7 heteroatoms. The summed E-state index contributed by atoms with van der Waals surface area (Å²) in [6.45, 7) is 0.960. The number of ether oxygens (including phenoxy) is 1. The van der Waals surface area contributed by atoms with Gasteiger partial charge in [-0.05, 0) is 37.1 Å². The van der Waals surface area contributed by atoms with Crippen LogP contribution in [0, 0.1) is 5.92 Å². The van der Waals surface area contributed by atoms with E-state index in [2.05, 4.69) is 10.6 Å². The molecule has 0 radical (unpaired) electrons. The summed E-state index contributed by atoms with van der Waals surface area (Å²) in [4.78, 5) is 38.3. The van der Waals surface area contributed by atoms with Crippen LogP contribution >= 0.6 is 0 Å². The Kier molecular flexibility index (Phi) is 4.04. The number of rotatable bonds is 3. The molecule has 29 heavy (non-hydrogen) atoms. The number of urea groups is 1. The first kappa shape index (κ1) is 17.7. The van der Waals surface area contributed by atoms with Crippen molar-refractivity contribution in [3.63, 3.8) is 0 Å².